The van der Waals surface area contributed by atoms with Crippen molar-refractivity contribution in [3.8, 4) is 11.5 Å². The van der Waals surface area contributed by atoms with Crippen molar-refractivity contribution in [2.75, 3.05) is 20.8 Å². The number of benzene rings is 2. The van der Waals surface area contributed by atoms with Crippen LogP contribution in [0.2, 0.25) is 10.0 Å². The lowest BCUT2D eigenvalue weighted by atomic mass is 10.2. The normalized spacial score (nSPS) is 11.1. The molecule has 0 unspecified atom stereocenters. The Bertz CT molecular complexity index is 1190. The van der Waals surface area contributed by atoms with E-state index in [9.17, 15) is 9.59 Å². The van der Waals surface area contributed by atoms with E-state index < -0.39 is 0 Å². The van der Waals surface area contributed by atoms with E-state index in [1.165, 1.54) is 20.3 Å². The quantitative estimate of drug-likeness (QED) is 0.529. The highest BCUT2D eigenvalue weighted by atomic mass is 35.5. The maximum atomic E-state index is 12.7. The molecule has 3 rings (SSSR count). The first-order valence-corrected chi connectivity index (χ1v) is 10.2. The first-order chi connectivity index (χ1) is 14.8. The number of rotatable bonds is 7. The lowest BCUT2D eigenvalue weighted by Crippen LogP contribution is -2.30. The molecule has 31 heavy (non-hydrogen) atoms. The van der Waals surface area contributed by atoms with Gasteiger partial charge in [0.05, 0.1) is 31.7 Å². The maximum Gasteiger partial charge on any atom is 0.258 e. The van der Waals surface area contributed by atoms with Crippen LogP contribution in [0.15, 0.2) is 41.2 Å². The number of hydrogen-bond donors (Lipinski definition) is 1. The number of H-pyrrole nitrogens is 1. The van der Waals surface area contributed by atoms with E-state index in [0.717, 1.165) is 0 Å². The van der Waals surface area contributed by atoms with Gasteiger partial charge in [-0.1, -0.05) is 23.2 Å². The molecule has 9 heteroatoms. The van der Waals surface area contributed by atoms with E-state index in [1.54, 1.807) is 41.3 Å². The van der Waals surface area contributed by atoms with Gasteiger partial charge in [-0.25, -0.2) is 4.98 Å². The Morgan fingerprint density at radius 3 is 2.35 bits per heavy atom. The molecule has 0 aliphatic carbocycles. The molecule has 7 nitrogen and oxygen atoms in total. The second-order valence-corrected chi connectivity index (χ2v) is 7.50. The Morgan fingerprint density at radius 1 is 1.10 bits per heavy atom. The monoisotopic (exact) mass is 461 g/mol. The smallest absolute Gasteiger partial charge is 0.258 e. The van der Waals surface area contributed by atoms with Crippen molar-refractivity contribution in [3.63, 3.8) is 0 Å². The Balaban J connectivity index is 1.85. The van der Waals surface area contributed by atoms with E-state index in [0.29, 0.717) is 50.4 Å². The fourth-order valence-electron chi connectivity index (χ4n) is 3.06. The summed E-state index contributed by atoms with van der Waals surface area (Å²) in [5, 5.41) is 1.34. The van der Waals surface area contributed by atoms with Crippen molar-refractivity contribution < 1.29 is 14.3 Å². The minimum Gasteiger partial charge on any atom is -0.493 e. The van der Waals surface area contributed by atoms with Crippen molar-refractivity contribution in [1.29, 1.82) is 0 Å². The predicted octanol–water partition coefficient (Wildman–Crippen LogP) is 4.31. The molecule has 0 aliphatic rings. The molecular weight excluding hydrogens is 441 g/mol. The van der Waals surface area contributed by atoms with Crippen LogP contribution in [0.25, 0.3) is 17.0 Å². The number of likely N-dealkylation sites (N-methyl/N-ethyl adjacent to an activating group) is 1. The standard InChI is InChI=1S/C22H21Cl2N3O4/c1-4-27(21(28)6-5-13-7-14(23)9-15(24)8-13)12-20-25-17-11-19(31-3)18(30-2)10-16(17)22(29)26-20/h5-11H,4,12H2,1-3H3,(H,25,26,29)/b6-5+. The van der Waals surface area contributed by atoms with Crippen molar-refractivity contribution in [1.82, 2.24) is 14.9 Å². The largest absolute Gasteiger partial charge is 0.493 e. The topological polar surface area (TPSA) is 84.5 Å². The summed E-state index contributed by atoms with van der Waals surface area (Å²) in [5.41, 5.74) is 0.831. The van der Waals surface area contributed by atoms with Crippen LogP contribution in [0.5, 0.6) is 11.5 Å². The molecule has 3 aromatic rings. The van der Waals surface area contributed by atoms with E-state index >= 15 is 0 Å². The van der Waals surface area contributed by atoms with Gasteiger partial charge >= 0.3 is 0 Å². The first-order valence-electron chi connectivity index (χ1n) is 9.42. The number of fused-ring (bicyclic) bond motifs is 1. The van der Waals surface area contributed by atoms with E-state index in [1.807, 2.05) is 6.92 Å². The minimum atomic E-state index is -0.325. The molecule has 1 amide bonds. The van der Waals surface area contributed by atoms with Crippen molar-refractivity contribution in [2.24, 2.45) is 0 Å². The van der Waals surface area contributed by atoms with E-state index in [4.69, 9.17) is 32.7 Å². The number of methoxy groups -OCH3 is 2. The first kappa shape index (κ1) is 22.7. The Morgan fingerprint density at radius 2 is 1.74 bits per heavy atom. The van der Waals surface area contributed by atoms with Crippen LogP contribution < -0.4 is 15.0 Å². The van der Waals surface area contributed by atoms with Crippen LogP contribution in [0.1, 0.15) is 18.3 Å². The molecule has 0 fully saturated rings. The van der Waals surface area contributed by atoms with Crippen LogP contribution in [0.4, 0.5) is 0 Å². The number of aromatic amines is 1. The third-order valence-electron chi connectivity index (χ3n) is 4.60. The summed E-state index contributed by atoms with van der Waals surface area (Å²) in [6, 6.07) is 8.24. The van der Waals surface area contributed by atoms with Crippen LogP contribution in [0.3, 0.4) is 0 Å². The van der Waals surface area contributed by atoms with Gasteiger partial charge in [-0.15, -0.1) is 0 Å². The summed E-state index contributed by atoms with van der Waals surface area (Å²) in [5.74, 6) is 1.02. The summed E-state index contributed by atoms with van der Waals surface area (Å²) in [6.45, 7) is 2.40. The van der Waals surface area contributed by atoms with Gasteiger partial charge in [0, 0.05) is 28.7 Å². The molecule has 2 aromatic carbocycles. The molecule has 162 valence electrons. The summed E-state index contributed by atoms with van der Waals surface area (Å²) < 4.78 is 10.5. The van der Waals surface area contributed by atoms with Gasteiger partial charge in [-0.2, -0.15) is 0 Å². The molecule has 0 saturated carbocycles. The number of halogens is 2. The fourth-order valence-corrected chi connectivity index (χ4v) is 3.60. The average Bonchev–Trinajstić information content (AvgIpc) is 2.74. The summed E-state index contributed by atoms with van der Waals surface area (Å²) in [4.78, 5) is 34.0. The molecule has 0 spiro atoms. The second kappa shape index (κ2) is 9.85. The zero-order chi connectivity index (χ0) is 22.5. The van der Waals surface area contributed by atoms with Crippen LogP contribution in [-0.4, -0.2) is 41.5 Å². The summed E-state index contributed by atoms with van der Waals surface area (Å²) >= 11 is 12.0. The number of aromatic nitrogens is 2. The summed E-state index contributed by atoms with van der Waals surface area (Å²) in [6.07, 6.45) is 3.06. The molecule has 1 aromatic heterocycles. The maximum absolute atomic E-state index is 12.7. The van der Waals surface area contributed by atoms with Gasteiger partial charge in [-0.3, -0.25) is 9.59 Å². The van der Waals surface area contributed by atoms with Crippen molar-refractivity contribution in [2.45, 2.75) is 13.5 Å². The Kier molecular flexibility index (Phi) is 7.20. The molecule has 1 N–H and O–H groups in total. The Labute approximate surface area is 189 Å². The molecular formula is C22H21Cl2N3O4. The number of nitrogens with zero attached hydrogens (tertiary/aromatic N) is 2. The van der Waals surface area contributed by atoms with Crippen LogP contribution >= 0.6 is 23.2 Å². The zero-order valence-corrected chi connectivity index (χ0v) is 18.8. The number of carbonyl (C=O) groups is 1. The molecule has 0 bridgehead atoms. The van der Waals surface area contributed by atoms with Gasteiger partial charge in [0.15, 0.2) is 11.5 Å². The van der Waals surface area contributed by atoms with E-state index in [-0.39, 0.29) is 18.0 Å². The summed E-state index contributed by atoms with van der Waals surface area (Å²) in [7, 11) is 3.00. The molecule has 0 atom stereocenters. The van der Waals surface area contributed by atoms with Crippen LogP contribution in [-0.2, 0) is 11.3 Å². The Hall–Kier alpha value is -3.03. The highest BCUT2D eigenvalue weighted by Gasteiger charge is 2.14. The van der Waals surface area contributed by atoms with Gasteiger partial charge in [0.2, 0.25) is 5.91 Å². The fraction of sp³-hybridized carbons (Fsp3) is 0.227. The SMILES string of the molecule is CCN(Cc1nc2cc(OC)c(OC)cc2c(=O)[nH]1)C(=O)/C=C/c1cc(Cl)cc(Cl)c1. The van der Waals surface area contributed by atoms with Crippen molar-refractivity contribution in [3.05, 3.63) is 68.2 Å². The third-order valence-corrected chi connectivity index (χ3v) is 5.03. The minimum absolute atomic E-state index is 0.134. The predicted molar refractivity (Wildman–Crippen MR) is 122 cm³/mol. The molecule has 1 heterocycles. The highest BCUT2D eigenvalue weighted by Crippen LogP contribution is 2.30. The molecule has 0 aliphatic heterocycles. The van der Waals surface area contributed by atoms with Gasteiger partial charge < -0.3 is 19.4 Å². The number of nitrogens with one attached hydrogen (secondary N) is 1. The number of hydrogen-bond acceptors (Lipinski definition) is 5. The lowest BCUT2D eigenvalue weighted by molar-refractivity contribution is -0.126. The highest BCUT2D eigenvalue weighted by molar-refractivity contribution is 6.34. The molecule has 0 radical (unpaired) electrons. The molecule has 0 saturated heterocycles. The average molecular weight is 462 g/mol. The van der Waals surface area contributed by atoms with Gasteiger partial charge in [0.1, 0.15) is 5.82 Å². The van der Waals surface area contributed by atoms with Crippen molar-refractivity contribution >= 4 is 46.1 Å². The van der Waals surface area contributed by atoms with Gasteiger partial charge in [0.25, 0.3) is 5.56 Å². The van der Waals surface area contributed by atoms with Crippen LogP contribution in [0, 0.1) is 0 Å². The second-order valence-electron chi connectivity index (χ2n) is 6.63. The number of ether oxygens (including phenoxy) is 2. The zero-order valence-electron chi connectivity index (χ0n) is 17.2. The van der Waals surface area contributed by atoms with Gasteiger partial charge in [-0.05, 0) is 42.8 Å². The lowest BCUT2D eigenvalue weighted by Gasteiger charge is -2.18. The number of amides is 1. The van der Waals surface area contributed by atoms with E-state index in [2.05, 4.69) is 9.97 Å². The number of carbonyl (C=O) groups excluding carboxylic acids is 1. The third kappa shape index (κ3) is 5.37.